The minimum absolute atomic E-state index is 0.247. The number of aliphatic hydroxyl groups excluding tert-OH is 1. The first kappa shape index (κ1) is 6.63. The fourth-order valence-electron chi connectivity index (χ4n) is 0.255. The van der Waals surface area contributed by atoms with Crippen LogP contribution in [0.5, 0.6) is 0 Å². The Morgan fingerprint density at radius 2 is 2.43 bits per heavy atom. The van der Waals surface area contributed by atoms with Crippen LogP contribution in [-0.2, 0) is 0 Å². The van der Waals surface area contributed by atoms with Crippen LogP contribution in [0.15, 0.2) is 12.7 Å². The van der Waals surface area contributed by atoms with Crippen molar-refractivity contribution in [1.82, 2.24) is 0 Å². The molecule has 0 saturated carbocycles. The van der Waals surface area contributed by atoms with Crippen molar-refractivity contribution in [3.8, 4) is 0 Å². The maximum Gasteiger partial charge on any atom is 0.126 e. The van der Waals surface area contributed by atoms with E-state index in [0.29, 0.717) is 0 Å². The first-order valence-electron chi connectivity index (χ1n) is 2.17. The molecule has 42 valence electrons. The molecule has 0 aliphatic carbocycles. The third-order valence-corrected chi connectivity index (χ3v) is 0.621. The van der Waals surface area contributed by atoms with Gasteiger partial charge in [0.25, 0.3) is 0 Å². The van der Waals surface area contributed by atoms with Crippen LogP contribution < -0.4 is 0 Å². The summed E-state index contributed by atoms with van der Waals surface area (Å²) in [6.07, 6.45) is 0.578. The predicted molar refractivity (Wildman–Crippen MR) is 26.8 cm³/mol. The van der Waals surface area contributed by atoms with E-state index in [4.69, 9.17) is 5.11 Å². The summed E-state index contributed by atoms with van der Waals surface area (Å²) in [4.78, 5) is 0. The van der Waals surface area contributed by atoms with E-state index >= 15 is 0 Å². The Balaban J connectivity index is 2.98. The molecule has 1 N–H and O–H groups in total. The Morgan fingerprint density at radius 3 is 2.57 bits per heavy atom. The molecule has 0 aliphatic rings. The molecule has 0 spiro atoms. The Bertz CT molecular complexity index is 54.0. The molecular weight excluding hydrogens is 95.1 g/mol. The lowest BCUT2D eigenvalue weighted by Crippen LogP contribution is -2.02. The van der Waals surface area contributed by atoms with Crippen LogP contribution >= 0.6 is 0 Å². The molecule has 0 fully saturated rings. The summed E-state index contributed by atoms with van der Waals surface area (Å²) in [7, 11) is 0. The van der Waals surface area contributed by atoms with E-state index in [1.807, 2.05) is 0 Å². The molecule has 2 heteroatoms. The Hall–Kier alpha value is -0.370. The van der Waals surface area contributed by atoms with Crippen molar-refractivity contribution in [2.45, 2.75) is 12.6 Å². The van der Waals surface area contributed by atoms with Gasteiger partial charge in [-0.3, -0.25) is 0 Å². The molecule has 0 aliphatic heterocycles. The zero-order valence-corrected chi connectivity index (χ0v) is 4.10. The third kappa shape index (κ3) is 3.46. The molecule has 0 aromatic rings. The van der Waals surface area contributed by atoms with Crippen molar-refractivity contribution in [1.29, 1.82) is 0 Å². The van der Waals surface area contributed by atoms with Gasteiger partial charge in [-0.05, 0) is 6.42 Å². The molecule has 0 saturated heterocycles. The number of rotatable bonds is 3. The van der Waals surface area contributed by atoms with Gasteiger partial charge in [0.1, 0.15) is 6.17 Å². The highest BCUT2D eigenvalue weighted by Crippen LogP contribution is 1.94. The first-order chi connectivity index (χ1) is 3.31. The van der Waals surface area contributed by atoms with Crippen molar-refractivity contribution in [3.05, 3.63) is 12.7 Å². The van der Waals surface area contributed by atoms with Crippen LogP contribution in [0.2, 0.25) is 0 Å². The second-order valence-corrected chi connectivity index (χ2v) is 1.30. The molecule has 0 aromatic carbocycles. The molecule has 0 amide bonds. The molecule has 0 bridgehead atoms. The summed E-state index contributed by atoms with van der Waals surface area (Å²) in [6.45, 7) is 2.90. The van der Waals surface area contributed by atoms with Crippen LogP contribution in [0.25, 0.3) is 0 Å². The average molecular weight is 104 g/mol. The molecule has 0 rings (SSSR count). The van der Waals surface area contributed by atoms with Crippen molar-refractivity contribution in [3.63, 3.8) is 0 Å². The Labute approximate surface area is 42.5 Å². The molecule has 0 aromatic heterocycles. The van der Waals surface area contributed by atoms with Crippen molar-refractivity contribution < 1.29 is 9.50 Å². The summed E-state index contributed by atoms with van der Waals surface area (Å²) in [5.74, 6) is 0. The van der Waals surface area contributed by atoms with E-state index < -0.39 is 12.8 Å². The molecule has 7 heavy (non-hydrogen) atoms. The van der Waals surface area contributed by atoms with Crippen LogP contribution in [0.4, 0.5) is 4.39 Å². The molecule has 1 nitrogen and oxygen atoms in total. The van der Waals surface area contributed by atoms with Crippen LogP contribution in [-0.4, -0.2) is 17.9 Å². The maximum atomic E-state index is 11.8. The number of alkyl halides is 1. The number of aliphatic hydroxyl groups is 1. The fourth-order valence-corrected chi connectivity index (χ4v) is 0.255. The van der Waals surface area contributed by atoms with E-state index in [1.54, 1.807) is 0 Å². The van der Waals surface area contributed by atoms with E-state index in [-0.39, 0.29) is 6.42 Å². The fraction of sp³-hybridized carbons (Fsp3) is 0.600. The highest BCUT2D eigenvalue weighted by Gasteiger charge is 1.97. The summed E-state index contributed by atoms with van der Waals surface area (Å²) in [5.41, 5.74) is 0. The minimum atomic E-state index is -1.11. The van der Waals surface area contributed by atoms with Gasteiger partial charge in [0.2, 0.25) is 0 Å². The molecular formula is C5H9FO. The Morgan fingerprint density at radius 1 is 1.86 bits per heavy atom. The second kappa shape index (κ2) is 3.81. The third-order valence-electron chi connectivity index (χ3n) is 0.621. The summed E-state index contributed by atoms with van der Waals surface area (Å²) in [5, 5.41) is 8.04. The lowest BCUT2D eigenvalue weighted by Gasteiger charge is -1.95. The summed E-state index contributed by atoms with van der Waals surface area (Å²) >= 11 is 0. The number of allylic oxidation sites excluding steroid dienone is 1. The van der Waals surface area contributed by atoms with E-state index in [9.17, 15) is 4.39 Å². The highest BCUT2D eigenvalue weighted by atomic mass is 19.1. The van der Waals surface area contributed by atoms with Crippen LogP contribution in [0.3, 0.4) is 0 Å². The van der Waals surface area contributed by atoms with Gasteiger partial charge < -0.3 is 5.11 Å². The van der Waals surface area contributed by atoms with E-state index in [1.165, 1.54) is 6.08 Å². The largest absolute Gasteiger partial charge is 0.393 e. The second-order valence-electron chi connectivity index (χ2n) is 1.30. The molecule has 0 radical (unpaired) electrons. The van der Waals surface area contributed by atoms with Gasteiger partial charge in [-0.1, -0.05) is 6.08 Å². The average Bonchev–Trinajstić information content (AvgIpc) is 1.68. The summed E-state index contributed by atoms with van der Waals surface area (Å²) in [6, 6.07) is 0. The number of hydrogen-bond acceptors (Lipinski definition) is 1. The monoisotopic (exact) mass is 104 g/mol. The van der Waals surface area contributed by atoms with Gasteiger partial charge >= 0.3 is 0 Å². The topological polar surface area (TPSA) is 20.2 Å². The standard InChI is InChI=1S/C5H9FO/c1-2-3-5(6)4-7/h2,5,7H,1,3-4H2/t5-/m1/s1. The van der Waals surface area contributed by atoms with Gasteiger partial charge in [-0.15, -0.1) is 6.58 Å². The number of hydrogen-bond donors (Lipinski definition) is 1. The lowest BCUT2D eigenvalue weighted by molar-refractivity contribution is 0.180. The Kier molecular flexibility index (Phi) is 3.61. The molecule has 0 unspecified atom stereocenters. The van der Waals surface area contributed by atoms with Crippen molar-refractivity contribution in [2.24, 2.45) is 0 Å². The molecule has 0 heterocycles. The van der Waals surface area contributed by atoms with Gasteiger partial charge in [-0.25, -0.2) is 4.39 Å². The summed E-state index contributed by atoms with van der Waals surface area (Å²) < 4.78 is 11.8. The first-order valence-corrected chi connectivity index (χ1v) is 2.17. The highest BCUT2D eigenvalue weighted by molar-refractivity contribution is 4.71. The van der Waals surface area contributed by atoms with E-state index in [2.05, 4.69) is 6.58 Å². The lowest BCUT2D eigenvalue weighted by atomic mass is 10.3. The smallest absolute Gasteiger partial charge is 0.126 e. The quantitative estimate of drug-likeness (QED) is 0.527. The zero-order valence-electron chi connectivity index (χ0n) is 4.10. The van der Waals surface area contributed by atoms with Crippen molar-refractivity contribution >= 4 is 0 Å². The normalized spacial score (nSPS) is 13.4. The van der Waals surface area contributed by atoms with Gasteiger partial charge in [-0.2, -0.15) is 0 Å². The molecule has 1 atom stereocenters. The zero-order chi connectivity index (χ0) is 5.70. The predicted octanol–water partition coefficient (Wildman–Crippen LogP) is 0.893. The van der Waals surface area contributed by atoms with Gasteiger partial charge in [0, 0.05) is 0 Å². The van der Waals surface area contributed by atoms with Crippen molar-refractivity contribution in [2.75, 3.05) is 6.61 Å². The maximum absolute atomic E-state index is 11.8. The van der Waals surface area contributed by atoms with Crippen LogP contribution in [0.1, 0.15) is 6.42 Å². The van der Waals surface area contributed by atoms with E-state index in [0.717, 1.165) is 0 Å². The SMILES string of the molecule is C=CC[C@@H](F)CO. The minimum Gasteiger partial charge on any atom is -0.393 e. The number of halogens is 1. The van der Waals surface area contributed by atoms with Crippen LogP contribution in [0, 0.1) is 0 Å². The van der Waals surface area contributed by atoms with Gasteiger partial charge in [0.15, 0.2) is 0 Å². The van der Waals surface area contributed by atoms with Gasteiger partial charge in [0.05, 0.1) is 6.61 Å².